The van der Waals surface area contributed by atoms with E-state index in [1.165, 1.54) is 43.2 Å². The minimum Gasteiger partial charge on any atom is -0.378 e. The number of ether oxygens (including phenoxy) is 1. The maximum atomic E-state index is 13.7. The van der Waals surface area contributed by atoms with Gasteiger partial charge in [-0.2, -0.15) is 0 Å². The van der Waals surface area contributed by atoms with Gasteiger partial charge in [-0.15, -0.1) is 10.2 Å². The van der Waals surface area contributed by atoms with Gasteiger partial charge in [-0.1, -0.05) is 48.5 Å². The second kappa shape index (κ2) is 11.3. The third-order valence-corrected chi connectivity index (χ3v) is 7.66. The van der Waals surface area contributed by atoms with Crippen LogP contribution in [0.2, 0.25) is 0 Å². The number of amides is 1. The fourth-order valence-corrected chi connectivity index (χ4v) is 5.75. The molecule has 184 valence electrons. The third kappa shape index (κ3) is 5.74. The quantitative estimate of drug-likeness (QED) is 0.460. The lowest BCUT2D eigenvalue weighted by Gasteiger charge is -2.30. The Morgan fingerprint density at radius 1 is 0.943 bits per heavy atom. The van der Waals surface area contributed by atoms with Crippen LogP contribution in [0.4, 0.5) is 4.39 Å². The minimum atomic E-state index is -0.472. The Hall–Kier alpha value is -2.75. The zero-order valence-corrected chi connectivity index (χ0v) is 20.5. The normalized spacial score (nSPS) is 17.9. The Balaban J connectivity index is 1.49. The highest BCUT2D eigenvalue weighted by Crippen LogP contribution is 2.37. The maximum absolute atomic E-state index is 13.7. The highest BCUT2D eigenvalue weighted by Gasteiger charge is 2.31. The van der Waals surface area contributed by atoms with E-state index in [0.717, 1.165) is 30.2 Å². The molecule has 2 aliphatic rings. The molecule has 5 rings (SSSR count). The molecular formula is C26H30FN5O2S. The lowest BCUT2D eigenvalue weighted by Crippen LogP contribution is -2.42. The molecule has 0 unspecified atom stereocenters. The van der Waals surface area contributed by atoms with Crippen molar-refractivity contribution in [1.29, 1.82) is 0 Å². The molecule has 35 heavy (non-hydrogen) atoms. The van der Waals surface area contributed by atoms with E-state index in [1.54, 1.807) is 12.1 Å². The van der Waals surface area contributed by atoms with Crippen molar-refractivity contribution >= 4 is 17.7 Å². The molecule has 0 saturated carbocycles. The Labute approximate surface area is 209 Å². The van der Waals surface area contributed by atoms with Crippen LogP contribution in [0.1, 0.15) is 35.9 Å². The summed E-state index contributed by atoms with van der Waals surface area (Å²) in [5.74, 6) is 0.542. The van der Waals surface area contributed by atoms with Gasteiger partial charge in [0.1, 0.15) is 11.1 Å². The number of rotatable bonds is 7. The number of carbonyl (C=O) groups is 1. The largest absolute Gasteiger partial charge is 0.378 e. The van der Waals surface area contributed by atoms with Crippen molar-refractivity contribution < 1.29 is 13.9 Å². The maximum Gasteiger partial charge on any atom is 0.240 e. The Bertz CT molecular complexity index is 1110. The summed E-state index contributed by atoms with van der Waals surface area (Å²) in [6, 6.07) is 16.2. The Kier molecular flexibility index (Phi) is 7.75. The van der Waals surface area contributed by atoms with E-state index >= 15 is 0 Å². The number of halogens is 1. The number of hydrogen-bond donors (Lipinski definition) is 0. The molecule has 0 N–H and O–H groups in total. The molecule has 9 heteroatoms. The molecule has 2 fully saturated rings. The number of piperidine rings is 1. The van der Waals surface area contributed by atoms with Gasteiger partial charge in [-0.05, 0) is 55.8 Å². The van der Waals surface area contributed by atoms with Crippen molar-refractivity contribution in [2.45, 2.75) is 36.2 Å². The molecule has 7 nitrogen and oxygen atoms in total. The first-order valence-corrected chi connectivity index (χ1v) is 13.1. The van der Waals surface area contributed by atoms with Crippen molar-refractivity contribution in [1.82, 2.24) is 24.6 Å². The number of benzene rings is 2. The molecule has 0 radical (unpaired) electrons. The summed E-state index contributed by atoms with van der Waals surface area (Å²) in [5, 5.41) is 9.23. The van der Waals surface area contributed by atoms with E-state index in [2.05, 4.69) is 15.1 Å². The minimum absolute atomic E-state index is 0.0377. The molecule has 2 aromatic carbocycles. The van der Waals surface area contributed by atoms with Crippen molar-refractivity contribution in [3.63, 3.8) is 0 Å². The van der Waals surface area contributed by atoms with Gasteiger partial charge in [0.2, 0.25) is 5.91 Å². The van der Waals surface area contributed by atoms with Crippen LogP contribution in [0.25, 0.3) is 5.69 Å². The molecule has 0 bridgehead atoms. The number of morpholine rings is 1. The van der Waals surface area contributed by atoms with Crippen molar-refractivity contribution in [3.05, 3.63) is 71.8 Å². The zero-order chi connectivity index (χ0) is 24.0. The predicted molar refractivity (Wildman–Crippen MR) is 133 cm³/mol. The molecule has 0 spiro atoms. The van der Waals surface area contributed by atoms with Gasteiger partial charge in [0, 0.05) is 18.8 Å². The van der Waals surface area contributed by atoms with Crippen LogP contribution in [0.3, 0.4) is 0 Å². The first-order valence-electron chi connectivity index (χ1n) is 12.2. The van der Waals surface area contributed by atoms with E-state index in [0.29, 0.717) is 38.0 Å². The van der Waals surface area contributed by atoms with Crippen LogP contribution >= 0.6 is 11.8 Å². The van der Waals surface area contributed by atoms with Crippen LogP contribution in [0.15, 0.2) is 59.8 Å². The summed E-state index contributed by atoms with van der Waals surface area (Å²) >= 11 is 1.40. The second-order valence-corrected chi connectivity index (χ2v) is 9.97. The highest BCUT2D eigenvalue weighted by molar-refractivity contribution is 8.00. The van der Waals surface area contributed by atoms with Crippen LogP contribution in [0.5, 0.6) is 0 Å². The lowest BCUT2D eigenvalue weighted by molar-refractivity contribution is -0.134. The number of nitrogens with zero attached hydrogens (tertiary/aromatic N) is 5. The van der Waals surface area contributed by atoms with Gasteiger partial charge in [-0.25, -0.2) is 4.39 Å². The van der Waals surface area contributed by atoms with Crippen LogP contribution in [-0.4, -0.2) is 69.9 Å². The molecule has 0 aliphatic carbocycles. The Morgan fingerprint density at radius 2 is 1.66 bits per heavy atom. The van der Waals surface area contributed by atoms with E-state index < -0.39 is 5.25 Å². The highest BCUT2D eigenvalue weighted by atomic mass is 32.2. The molecule has 1 atom stereocenters. The second-order valence-electron chi connectivity index (χ2n) is 8.89. The molecule has 1 aromatic heterocycles. The van der Waals surface area contributed by atoms with Gasteiger partial charge < -0.3 is 9.64 Å². The van der Waals surface area contributed by atoms with Crippen LogP contribution in [-0.2, 0) is 16.1 Å². The van der Waals surface area contributed by atoms with E-state index in [-0.39, 0.29) is 11.7 Å². The van der Waals surface area contributed by atoms with E-state index in [1.807, 2.05) is 39.8 Å². The smallest absolute Gasteiger partial charge is 0.240 e. The summed E-state index contributed by atoms with van der Waals surface area (Å²) in [7, 11) is 0. The van der Waals surface area contributed by atoms with Crippen LogP contribution in [0, 0.1) is 5.82 Å². The average molecular weight is 496 g/mol. The molecular weight excluding hydrogens is 465 g/mol. The first-order chi connectivity index (χ1) is 17.2. The number of aromatic nitrogens is 3. The number of carbonyl (C=O) groups excluding carboxylic acids is 1. The summed E-state index contributed by atoms with van der Waals surface area (Å²) in [5.41, 5.74) is 1.71. The van der Waals surface area contributed by atoms with Gasteiger partial charge in [0.25, 0.3) is 0 Å². The van der Waals surface area contributed by atoms with Gasteiger partial charge in [0.05, 0.1) is 19.8 Å². The average Bonchev–Trinajstić information content (AvgIpc) is 3.30. The van der Waals surface area contributed by atoms with E-state index in [9.17, 15) is 9.18 Å². The zero-order valence-electron chi connectivity index (χ0n) is 19.7. The van der Waals surface area contributed by atoms with Crippen molar-refractivity contribution in [2.24, 2.45) is 0 Å². The molecule has 2 saturated heterocycles. The molecule has 2 aliphatic heterocycles. The van der Waals surface area contributed by atoms with E-state index in [4.69, 9.17) is 4.74 Å². The van der Waals surface area contributed by atoms with Crippen molar-refractivity contribution in [2.75, 3.05) is 39.4 Å². The van der Waals surface area contributed by atoms with Gasteiger partial charge in [-0.3, -0.25) is 14.3 Å². The molecule has 1 amide bonds. The van der Waals surface area contributed by atoms with Crippen LogP contribution < -0.4 is 0 Å². The summed E-state index contributed by atoms with van der Waals surface area (Å²) in [6.07, 6.45) is 3.61. The summed E-state index contributed by atoms with van der Waals surface area (Å²) in [4.78, 5) is 17.9. The number of hydrogen-bond acceptors (Lipinski definition) is 6. The first kappa shape index (κ1) is 24.0. The third-order valence-electron chi connectivity index (χ3n) is 6.47. The fraction of sp³-hybridized carbons (Fsp3) is 0.423. The van der Waals surface area contributed by atoms with Gasteiger partial charge in [0.15, 0.2) is 11.0 Å². The number of thioether (sulfide) groups is 1. The standard InChI is InChI=1S/C26H30FN5O2S/c27-21-9-11-22(12-10-21)32-23(19-30-13-5-2-6-14-30)28-29-26(32)35-24(20-7-3-1-4-8-20)25(33)31-15-17-34-18-16-31/h1,3-4,7-12,24H,2,5-6,13-19H2/t24-/m0/s1. The molecule has 3 heterocycles. The topological polar surface area (TPSA) is 63.5 Å². The molecule has 3 aromatic rings. The number of likely N-dealkylation sites (tertiary alicyclic amines) is 1. The fourth-order valence-electron chi connectivity index (χ4n) is 4.59. The van der Waals surface area contributed by atoms with Crippen molar-refractivity contribution in [3.8, 4) is 5.69 Å². The predicted octanol–water partition coefficient (Wildman–Crippen LogP) is 4.08. The monoisotopic (exact) mass is 495 g/mol. The lowest BCUT2D eigenvalue weighted by atomic mass is 10.1. The summed E-state index contributed by atoms with van der Waals surface area (Å²) in [6.45, 7) is 4.97. The van der Waals surface area contributed by atoms with Gasteiger partial charge >= 0.3 is 0 Å². The Morgan fingerprint density at radius 3 is 2.37 bits per heavy atom. The summed E-state index contributed by atoms with van der Waals surface area (Å²) < 4.78 is 21.2. The SMILES string of the molecule is O=C([C@@H](Sc1nnc(CN2CCCCC2)n1-c1ccc(F)cc1)c1ccccc1)N1CCOCC1.